The van der Waals surface area contributed by atoms with Crippen molar-refractivity contribution in [1.29, 1.82) is 5.41 Å². The summed E-state index contributed by atoms with van der Waals surface area (Å²) in [4.78, 5) is 6.43. The fraction of sp³-hybridized carbons (Fsp3) is 0.385. The number of nitrogens with one attached hydrogen (secondary N) is 2. The van der Waals surface area contributed by atoms with Gasteiger partial charge in [0.15, 0.2) is 0 Å². The first-order valence-electron chi connectivity index (χ1n) is 6.01. The number of aromatic nitrogens is 1. The number of likely N-dealkylation sites (tertiary alicyclic amines) is 1. The van der Waals surface area contributed by atoms with Crippen LogP contribution in [-0.2, 0) is 0 Å². The molecule has 4 heteroatoms. The van der Waals surface area contributed by atoms with Gasteiger partial charge in [0.1, 0.15) is 5.82 Å². The highest BCUT2D eigenvalue weighted by Crippen LogP contribution is 2.13. The van der Waals surface area contributed by atoms with Gasteiger partial charge in [-0.15, -0.1) is 0 Å². The second kappa shape index (κ2) is 5.48. The predicted molar refractivity (Wildman–Crippen MR) is 69.0 cm³/mol. The zero-order valence-corrected chi connectivity index (χ0v) is 10.1. The lowest BCUT2D eigenvalue weighted by Crippen LogP contribution is -2.41. The maximum absolute atomic E-state index is 8.03. The molecular weight excluding hydrogens is 212 g/mol. The van der Waals surface area contributed by atoms with Crippen LogP contribution in [0.4, 0.5) is 0 Å². The van der Waals surface area contributed by atoms with Crippen LogP contribution in [0.1, 0.15) is 19.0 Å². The van der Waals surface area contributed by atoms with Crippen molar-refractivity contribution in [2.24, 2.45) is 0 Å². The third-order valence-corrected chi connectivity index (χ3v) is 2.78. The zero-order chi connectivity index (χ0) is 12.1. The summed E-state index contributed by atoms with van der Waals surface area (Å²) in [5.74, 6) is 1.04. The Hall–Kier alpha value is -1.84. The summed E-state index contributed by atoms with van der Waals surface area (Å²) in [7, 11) is 0. The lowest BCUT2D eigenvalue weighted by atomic mass is 10.2. The normalized spacial score (nSPS) is 15.4. The molecule has 90 valence electrons. The molecule has 1 aliphatic heterocycles. The first-order chi connectivity index (χ1) is 8.31. The van der Waals surface area contributed by atoms with E-state index in [9.17, 15) is 0 Å². The fourth-order valence-corrected chi connectivity index (χ4v) is 1.73. The molecule has 2 heterocycles. The Labute approximate surface area is 102 Å². The van der Waals surface area contributed by atoms with Crippen LogP contribution in [0.25, 0.3) is 0 Å². The maximum atomic E-state index is 8.03. The molecule has 1 aliphatic rings. The van der Waals surface area contributed by atoms with Crippen molar-refractivity contribution in [3.63, 3.8) is 0 Å². The van der Waals surface area contributed by atoms with Crippen molar-refractivity contribution in [2.45, 2.75) is 13.3 Å². The van der Waals surface area contributed by atoms with Crippen LogP contribution >= 0.6 is 0 Å². The lowest BCUT2D eigenvalue weighted by molar-refractivity contribution is 0.223. The van der Waals surface area contributed by atoms with Crippen LogP contribution in [0.2, 0.25) is 0 Å². The monoisotopic (exact) mass is 230 g/mol. The number of rotatable bonds is 5. The highest BCUT2D eigenvalue weighted by Gasteiger charge is 2.17. The number of hydrogen-bond donors (Lipinski definition) is 2. The van der Waals surface area contributed by atoms with Gasteiger partial charge >= 0.3 is 0 Å². The Balaban J connectivity index is 2.12. The van der Waals surface area contributed by atoms with E-state index in [1.54, 1.807) is 6.20 Å². The summed E-state index contributed by atoms with van der Waals surface area (Å²) < 4.78 is 0. The van der Waals surface area contributed by atoms with E-state index in [1.165, 1.54) is 6.42 Å². The molecule has 0 aliphatic carbocycles. The zero-order valence-electron chi connectivity index (χ0n) is 10.1. The molecule has 0 spiro atoms. The average molecular weight is 230 g/mol. The molecule has 1 fully saturated rings. The molecule has 17 heavy (non-hydrogen) atoms. The first-order valence-corrected chi connectivity index (χ1v) is 6.01. The summed E-state index contributed by atoms with van der Waals surface area (Å²) in [5.41, 5.74) is 1.16. The standard InChI is InChI=1S/C13H18N4/c1-2-15-13(17-8-5-9-17)10-11(14)12-6-3-4-7-16-12/h3-4,6-7,10,14-15H,2,5,8-9H2,1H3/b13-10+,14-11?. The van der Waals surface area contributed by atoms with Crippen LogP contribution in [0.3, 0.4) is 0 Å². The smallest absolute Gasteiger partial charge is 0.103 e. The molecule has 2 N–H and O–H groups in total. The minimum Gasteiger partial charge on any atom is -0.372 e. The van der Waals surface area contributed by atoms with Crippen molar-refractivity contribution in [3.8, 4) is 0 Å². The van der Waals surface area contributed by atoms with Crippen molar-refractivity contribution in [3.05, 3.63) is 42.0 Å². The van der Waals surface area contributed by atoms with E-state index in [0.717, 1.165) is 25.5 Å². The molecule has 1 aromatic rings. The molecule has 1 saturated heterocycles. The van der Waals surface area contributed by atoms with Gasteiger partial charge < -0.3 is 10.2 Å². The Kier molecular flexibility index (Phi) is 3.75. The van der Waals surface area contributed by atoms with Gasteiger partial charge in [-0.2, -0.15) is 0 Å². The molecule has 0 radical (unpaired) electrons. The summed E-state index contributed by atoms with van der Waals surface area (Å²) in [5, 5.41) is 11.3. The van der Waals surface area contributed by atoms with E-state index >= 15 is 0 Å². The number of hydrogen-bond acceptors (Lipinski definition) is 4. The highest BCUT2D eigenvalue weighted by atomic mass is 15.3. The largest absolute Gasteiger partial charge is 0.372 e. The molecule has 0 saturated carbocycles. The van der Waals surface area contributed by atoms with Gasteiger partial charge in [-0.05, 0) is 25.5 Å². The topological polar surface area (TPSA) is 52.0 Å². The van der Waals surface area contributed by atoms with E-state index in [-0.39, 0.29) is 0 Å². The Morgan fingerprint density at radius 2 is 2.35 bits per heavy atom. The third-order valence-electron chi connectivity index (χ3n) is 2.78. The van der Waals surface area contributed by atoms with E-state index in [4.69, 9.17) is 5.41 Å². The van der Waals surface area contributed by atoms with Gasteiger partial charge in [0.05, 0.1) is 11.4 Å². The lowest BCUT2D eigenvalue weighted by Gasteiger charge is -2.35. The quantitative estimate of drug-likeness (QED) is 0.756. The molecule has 2 rings (SSSR count). The Morgan fingerprint density at radius 1 is 1.53 bits per heavy atom. The molecular formula is C13H18N4. The molecule has 0 unspecified atom stereocenters. The van der Waals surface area contributed by atoms with Crippen LogP contribution < -0.4 is 5.32 Å². The molecule has 0 atom stereocenters. The summed E-state index contributed by atoms with van der Waals surface area (Å²) in [6.07, 6.45) is 4.82. The fourth-order valence-electron chi connectivity index (χ4n) is 1.73. The van der Waals surface area contributed by atoms with Crippen molar-refractivity contribution in [1.82, 2.24) is 15.2 Å². The highest BCUT2D eigenvalue weighted by molar-refractivity contribution is 6.05. The van der Waals surface area contributed by atoms with Crippen LogP contribution in [0.5, 0.6) is 0 Å². The summed E-state index contributed by atoms with van der Waals surface area (Å²) in [6, 6.07) is 5.63. The Morgan fingerprint density at radius 3 is 2.88 bits per heavy atom. The van der Waals surface area contributed by atoms with Crippen LogP contribution in [0, 0.1) is 5.41 Å². The second-order valence-electron chi connectivity index (χ2n) is 4.03. The SMILES string of the molecule is CCN/C(=C\C(=N)c1ccccn1)N1CCC1. The minimum absolute atomic E-state index is 0.452. The van der Waals surface area contributed by atoms with Gasteiger partial charge in [0.2, 0.25) is 0 Å². The first kappa shape index (κ1) is 11.6. The maximum Gasteiger partial charge on any atom is 0.103 e. The Bertz CT molecular complexity index is 407. The van der Waals surface area contributed by atoms with Crippen molar-refractivity contribution < 1.29 is 0 Å². The van der Waals surface area contributed by atoms with E-state index in [2.05, 4.69) is 22.1 Å². The van der Waals surface area contributed by atoms with Gasteiger partial charge in [-0.1, -0.05) is 6.07 Å². The van der Waals surface area contributed by atoms with Gasteiger partial charge in [-0.3, -0.25) is 10.4 Å². The summed E-state index contributed by atoms with van der Waals surface area (Å²) >= 11 is 0. The van der Waals surface area contributed by atoms with E-state index in [0.29, 0.717) is 11.4 Å². The predicted octanol–water partition coefficient (Wildman–Crippen LogP) is 1.61. The number of pyridine rings is 1. The second-order valence-corrected chi connectivity index (χ2v) is 4.03. The van der Waals surface area contributed by atoms with E-state index in [1.807, 2.05) is 24.3 Å². The number of allylic oxidation sites excluding steroid dienone is 1. The molecule has 0 bridgehead atoms. The average Bonchev–Trinajstić information content (AvgIpc) is 2.28. The van der Waals surface area contributed by atoms with E-state index < -0.39 is 0 Å². The molecule has 0 amide bonds. The minimum atomic E-state index is 0.452. The molecule has 4 nitrogen and oxygen atoms in total. The molecule has 1 aromatic heterocycles. The van der Waals surface area contributed by atoms with Gasteiger partial charge in [0, 0.05) is 31.9 Å². The van der Waals surface area contributed by atoms with Crippen LogP contribution in [0.15, 0.2) is 36.3 Å². The van der Waals surface area contributed by atoms with Gasteiger partial charge in [0.25, 0.3) is 0 Å². The number of nitrogens with zero attached hydrogens (tertiary/aromatic N) is 2. The molecule has 0 aromatic carbocycles. The third kappa shape index (κ3) is 2.84. The van der Waals surface area contributed by atoms with Crippen molar-refractivity contribution >= 4 is 5.71 Å². The van der Waals surface area contributed by atoms with Crippen LogP contribution in [-0.4, -0.2) is 35.2 Å². The van der Waals surface area contributed by atoms with Gasteiger partial charge in [-0.25, -0.2) is 0 Å². The van der Waals surface area contributed by atoms with Crippen molar-refractivity contribution in [2.75, 3.05) is 19.6 Å². The summed E-state index contributed by atoms with van der Waals surface area (Å²) in [6.45, 7) is 5.10.